The lowest BCUT2D eigenvalue weighted by atomic mass is 10.1. The van der Waals surface area contributed by atoms with Gasteiger partial charge in [-0.05, 0) is 60.9 Å². The van der Waals surface area contributed by atoms with E-state index < -0.39 is 11.2 Å². The van der Waals surface area contributed by atoms with E-state index in [0.29, 0.717) is 15.9 Å². The van der Waals surface area contributed by atoms with Crippen molar-refractivity contribution in [1.29, 1.82) is 0 Å². The maximum Gasteiger partial charge on any atom is 0.317 e. The normalized spacial score (nSPS) is 12.1. The molecule has 1 heterocycles. The molecule has 4 rings (SSSR count). The topological polar surface area (TPSA) is 85.1 Å². The average Bonchev–Trinajstić information content (AvgIpc) is 2.79. The predicted molar refractivity (Wildman–Crippen MR) is 127 cm³/mol. The van der Waals surface area contributed by atoms with Crippen molar-refractivity contribution in [3.63, 3.8) is 0 Å². The average molecular weight is 466 g/mol. The second-order valence-corrected chi connectivity index (χ2v) is 9.12. The van der Waals surface area contributed by atoms with Crippen molar-refractivity contribution in [3.8, 4) is 11.1 Å². The van der Waals surface area contributed by atoms with Crippen molar-refractivity contribution in [1.82, 2.24) is 15.0 Å². The number of aliphatic carboxylic acids is 1. The van der Waals surface area contributed by atoms with Gasteiger partial charge in [-0.25, -0.2) is 4.68 Å². The van der Waals surface area contributed by atoms with E-state index in [2.05, 4.69) is 10.3 Å². The van der Waals surface area contributed by atoms with Gasteiger partial charge in [0.25, 0.3) is 5.56 Å². The molecule has 8 heteroatoms. The molecular weight excluding hydrogens is 446 g/mol. The number of hydrogen-bond donors (Lipinski definition) is 1. The number of hydrogen-bond acceptors (Lipinski definition) is 5. The number of carbonyl (C=O) groups is 1. The highest BCUT2D eigenvalue weighted by atomic mass is 35.5. The number of halogens is 1. The molecule has 4 aromatic rings. The Bertz CT molecular complexity index is 1320. The standard InChI is InChI=1S/C24H20ClN3O3S/c1-15-2-11-21-20(14-15)23(29)28(27-26-21)13-12-22(24(30)31)32-19-9-5-17(6-10-19)16-3-7-18(25)8-4-16/h2-11,14,22H,12-13H2,1H3,(H,30,31). The van der Waals surface area contributed by atoms with Crippen molar-refractivity contribution in [2.24, 2.45) is 0 Å². The fourth-order valence-electron chi connectivity index (χ4n) is 3.34. The smallest absolute Gasteiger partial charge is 0.317 e. The van der Waals surface area contributed by atoms with Crippen molar-refractivity contribution < 1.29 is 9.90 Å². The van der Waals surface area contributed by atoms with Crippen LogP contribution in [0.5, 0.6) is 0 Å². The summed E-state index contributed by atoms with van der Waals surface area (Å²) in [6.07, 6.45) is 0.241. The molecule has 0 aliphatic carbocycles. The minimum atomic E-state index is -0.936. The van der Waals surface area contributed by atoms with Gasteiger partial charge in [0.1, 0.15) is 10.8 Å². The van der Waals surface area contributed by atoms with E-state index in [1.165, 1.54) is 16.4 Å². The summed E-state index contributed by atoms with van der Waals surface area (Å²) < 4.78 is 1.24. The van der Waals surface area contributed by atoms with Gasteiger partial charge in [-0.3, -0.25) is 9.59 Å². The van der Waals surface area contributed by atoms with Gasteiger partial charge < -0.3 is 5.11 Å². The Hall–Kier alpha value is -3.16. The molecule has 1 N–H and O–H groups in total. The number of carboxylic acids is 1. The van der Waals surface area contributed by atoms with Gasteiger partial charge in [0.05, 0.1) is 5.39 Å². The van der Waals surface area contributed by atoms with Crippen molar-refractivity contribution in [2.45, 2.75) is 30.0 Å². The molecule has 3 aromatic carbocycles. The van der Waals surface area contributed by atoms with E-state index in [1.807, 2.05) is 61.5 Å². The van der Waals surface area contributed by atoms with E-state index in [9.17, 15) is 14.7 Å². The van der Waals surface area contributed by atoms with Gasteiger partial charge in [-0.15, -0.1) is 16.9 Å². The van der Waals surface area contributed by atoms with Crippen LogP contribution in [-0.4, -0.2) is 31.3 Å². The van der Waals surface area contributed by atoms with Crippen LogP contribution in [0.25, 0.3) is 22.0 Å². The lowest BCUT2D eigenvalue weighted by Crippen LogP contribution is -2.27. The summed E-state index contributed by atoms with van der Waals surface area (Å²) in [6, 6.07) is 20.6. The lowest BCUT2D eigenvalue weighted by Gasteiger charge is -2.13. The van der Waals surface area contributed by atoms with Gasteiger partial charge >= 0.3 is 5.97 Å². The Labute approximate surface area is 193 Å². The van der Waals surface area contributed by atoms with Crippen molar-refractivity contribution >= 4 is 40.2 Å². The zero-order chi connectivity index (χ0) is 22.7. The van der Waals surface area contributed by atoms with Crippen LogP contribution in [0.2, 0.25) is 5.02 Å². The molecule has 0 spiro atoms. The molecule has 0 saturated heterocycles. The fraction of sp³-hybridized carbons (Fsp3) is 0.167. The van der Waals surface area contributed by atoms with E-state index >= 15 is 0 Å². The molecule has 0 aliphatic rings. The zero-order valence-corrected chi connectivity index (χ0v) is 18.8. The maximum absolute atomic E-state index is 12.7. The largest absolute Gasteiger partial charge is 0.480 e. The molecule has 0 saturated carbocycles. The maximum atomic E-state index is 12.7. The lowest BCUT2D eigenvalue weighted by molar-refractivity contribution is -0.136. The number of nitrogens with zero attached hydrogens (tertiary/aromatic N) is 3. The monoisotopic (exact) mass is 465 g/mol. The summed E-state index contributed by atoms with van der Waals surface area (Å²) in [5, 5.41) is 18.2. The van der Waals surface area contributed by atoms with Gasteiger partial charge in [0.15, 0.2) is 0 Å². The van der Waals surface area contributed by atoms with Gasteiger partial charge in [-0.2, -0.15) is 0 Å². The first-order chi connectivity index (χ1) is 15.4. The van der Waals surface area contributed by atoms with Crippen LogP contribution in [0.3, 0.4) is 0 Å². The van der Waals surface area contributed by atoms with E-state index in [1.54, 1.807) is 12.1 Å². The van der Waals surface area contributed by atoms with E-state index in [4.69, 9.17) is 11.6 Å². The highest BCUT2D eigenvalue weighted by Crippen LogP contribution is 2.29. The second kappa shape index (κ2) is 9.54. The number of carboxylic acid groups (broad SMARTS) is 1. The van der Waals surface area contributed by atoms with Gasteiger partial charge in [0, 0.05) is 16.5 Å². The number of benzene rings is 3. The van der Waals surface area contributed by atoms with E-state index in [0.717, 1.165) is 21.6 Å². The van der Waals surface area contributed by atoms with Crippen LogP contribution in [0.15, 0.2) is 76.4 Å². The highest BCUT2D eigenvalue weighted by Gasteiger charge is 2.20. The van der Waals surface area contributed by atoms with Crippen molar-refractivity contribution in [2.75, 3.05) is 0 Å². The minimum absolute atomic E-state index is 0.169. The molecule has 0 radical (unpaired) electrons. The van der Waals surface area contributed by atoms with Gasteiger partial charge in [0.2, 0.25) is 0 Å². The highest BCUT2D eigenvalue weighted by molar-refractivity contribution is 8.00. The minimum Gasteiger partial charge on any atom is -0.480 e. The summed E-state index contributed by atoms with van der Waals surface area (Å²) in [6.45, 7) is 2.07. The molecule has 162 valence electrons. The Kier molecular flexibility index (Phi) is 6.58. The number of aromatic nitrogens is 3. The Morgan fingerprint density at radius 3 is 2.38 bits per heavy atom. The molecule has 0 bridgehead atoms. The molecule has 0 aliphatic heterocycles. The van der Waals surface area contributed by atoms with E-state index in [-0.39, 0.29) is 18.5 Å². The number of rotatable bonds is 7. The number of aryl methyl sites for hydroxylation is 2. The summed E-state index contributed by atoms with van der Waals surface area (Å²) in [4.78, 5) is 25.4. The molecule has 32 heavy (non-hydrogen) atoms. The molecule has 1 atom stereocenters. The summed E-state index contributed by atoms with van der Waals surface area (Å²) in [5.74, 6) is -0.936. The molecule has 0 amide bonds. The van der Waals surface area contributed by atoms with Crippen molar-refractivity contribution in [3.05, 3.63) is 87.7 Å². The van der Waals surface area contributed by atoms with Crippen LogP contribution in [-0.2, 0) is 11.3 Å². The zero-order valence-electron chi connectivity index (χ0n) is 17.2. The van der Waals surface area contributed by atoms with Crippen LogP contribution < -0.4 is 5.56 Å². The van der Waals surface area contributed by atoms with Crippen LogP contribution in [0.4, 0.5) is 0 Å². The quantitative estimate of drug-likeness (QED) is 0.384. The van der Waals surface area contributed by atoms with Gasteiger partial charge in [-0.1, -0.05) is 52.7 Å². The number of fused-ring (bicyclic) bond motifs is 1. The Morgan fingerprint density at radius 2 is 1.72 bits per heavy atom. The molecular formula is C24H20ClN3O3S. The Balaban J connectivity index is 1.47. The Morgan fingerprint density at radius 1 is 1.06 bits per heavy atom. The fourth-order valence-corrected chi connectivity index (χ4v) is 4.41. The second-order valence-electron chi connectivity index (χ2n) is 7.40. The summed E-state index contributed by atoms with van der Waals surface area (Å²) in [7, 11) is 0. The third kappa shape index (κ3) is 5.00. The molecule has 6 nitrogen and oxygen atoms in total. The molecule has 1 unspecified atom stereocenters. The first-order valence-electron chi connectivity index (χ1n) is 10.0. The van der Waals surface area contributed by atoms with Crippen LogP contribution in [0, 0.1) is 6.92 Å². The molecule has 1 aromatic heterocycles. The van der Waals surface area contributed by atoms with Crippen LogP contribution in [0.1, 0.15) is 12.0 Å². The third-order valence-corrected chi connectivity index (χ3v) is 6.58. The number of thioether (sulfide) groups is 1. The summed E-state index contributed by atoms with van der Waals surface area (Å²) >= 11 is 7.19. The molecule has 0 fully saturated rings. The first kappa shape index (κ1) is 22.0. The predicted octanol–water partition coefficient (Wildman–Crippen LogP) is 5.06. The summed E-state index contributed by atoms with van der Waals surface area (Å²) in [5.41, 5.74) is 3.27. The first-order valence-corrected chi connectivity index (χ1v) is 11.3. The SMILES string of the molecule is Cc1ccc2nnn(CCC(Sc3ccc(-c4ccc(Cl)cc4)cc3)C(=O)O)c(=O)c2c1. The van der Waals surface area contributed by atoms with Crippen LogP contribution >= 0.6 is 23.4 Å². The third-order valence-electron chi connectivity index (χ3n) is 5.07.